The Labute approximate surface area is 131 Å². The molecule has 0 unspecified atom stereocenters. The summed E-state index contributed by atoms with van der Waals surface area (Å²) in [5, 5.41) is 4.36. The third-order valence-electron chi connectivity index (χ3n) is 3.56. The summed E-state index contributed by atoms with van der Waals surface area (Å²) < 4.78 is 41.3. The van der Waals surface area contributed by atoms with E-state index >= 15 is 0 Å². The summed E-state index contributed by atoms with van der Waals surface area (Å²) >= 11 is 0. The van der Waals surface area contributed by atoms with Crippen LogP contribution in [0.5, 0.6) is 0 Å². The molecule has 3 nitrogen and oxygen atoms in total. The Balaban J connectivity index is 1.86. The van der Waals surface area contributed by atoms with E-state index in [9.17, 15) is 13.2 Å². The van der Waals surface area contributed by atoms with E-state index in [4.69, 9.17) is 0 Å². The van der Waals surface area contributed by atoms with E-state index in [1.54, 1.807) is 16.4 Å². The second-order valence-corrected chi connectivity index (χ2v) is 5.29. The van der Waals surface area contributed by atoms with E-state index in [-0.39, 0.29) is 0 Å². The average Bonchev–Trinajstić information content (AvgIpc) is 2.88. The highest BCUT2D eigenvalue weighted by Gasteiger charge is 2.30. The van der Waals surface area contributed by atoms with Crippen LogP contribution in [-0.4, -0.2) is 9.90 Å². The lowest BCUT2D eigenvalue weighted by molar-refractivity contribution is -0.747. The van der Waals surface area contributed by atoms with E-state index in [0.717, 1.165) is 23.4 Å². The lowest BCUT2D eigenvalue weighted by atomic mass is 10.1. The molecule has 3 rings (SSSR count). The highest BCUT2D eigenvalue weighted by Crippen LogP contribution is 2.30. The lowest BCUT2D eigenvalue weighted by Crippen LogP contribution is -2.36. The first-order valence-corrected chi connectivity index (χ1v) is 7.09. The average molecular weight is 318 g/mol. The van der Waals surface area contributed by atoms with Crippen molar-refractivity contribution in [2.24, 2.45) is 7.05 Å². The van der Waals surface area contributed by atoms with Crippen molar-refractivity contribution < 1.29 is 17.9 Å². The van der Waals surface area contributed by atoms with Crippen molar-refractivity contribution in [2.45, 2.75) is 12.7 Å². The molecular weight excluding hydrogens is 303 g/mol. The van der Waals surface area contributed by atoms with Crippen molar-refractivity contribution in [3.63, 3.8) is 0 Å². The fourth-order valence-corrected chi connectivity index (χ4v) is 2.41. The number of aromatic nitrogens is 3. The highest BCUT2D eigenvalue weighted by molar-refractivity contribution is 5.58. The normalized spacial score (nSPS) is 11.7. The van der Waals surface area contributed by atoms with Gasteiger partial charge in [-0.2, -0.15) is 13.2 Å². The minimum Gasteiger partial charge on any atom is -0.166 e. The van der Waals surface area contributed by atoms with Gasteiger partial charge in [-0.3, -0.25) is 0 Å². The summed E-state index contributed by atoms with van der Waals surface area (Å²) in [7, 11) is 1.77. The molecule has 3 aromatic rings. The Kier molecular flexibility index (Phi) is 3.90. The van der Waals surface area contributed by atoms with E-state index in [2.05, 4.69) is 5.21 Å². The number of hydrogen-bond acceptors (Lipinski definition) is 1. The molecule has 0 saturated heterocycles. The molecule has 118 valence electrons. The lowest BCUT2D eigenvalue weighted by Gasteiger charge is -2.06. The molecule has 1 aromatic heterocycles. The maximum Gasteiger partial charge on any atom is 0.416 e. The van der Waals surface area contributed by atoms with Gasteiger partial charge in [0.25, 0.3) is 0 Å². The van der Waals surface area contributed by atoms with Crippen LogP contribution in [0.15, 0.2) is 60.8 Å². The number of alkyl halides is 3. The summed E-state index contributed by atoms with van der Waals surface area (Å²) in [5.74, 6) is 0. The van der Waals surface area contributed by atoms with Gasteiger partial charge < -0.3 is 0 Å². The van der Waals surface area contributed by atoms with Crippen molar-refractivity contribution in [3.8, 4) is 11.3 Å². The van der Waals surface area contributed by atoms with Gasteiger partial charge in [-0.15, -0.1) is 9.36 Å². The van der Waals surface area contributed by atoms with Crippen LogP contribution in [0.3, 0.4) is 0 Å². The summed E-state index contributed by atoms with van der Waals surface area (Å²) in [6.45, 7) is 0.606. The fourth-order valence-electron chi connectivity index (χ4n) is 2.41. The smallest absolute Gasteiger partial charge is 0.166 e. The first-order chi connectivity index (χ1) is 10.9. The molecule has 0 spiro atoms. The number of aryl methyl sites for hydroxylation is 1. The van der Waals surface area contributed by atoms with Gasteiger partial charge in [-0.25, -0.2) is 0 Å². The second-order valence-electron chi connectivity index (χ2n) is 5.29. The highest BCUT2D eigenvalue weighted by atomic mass is 19.4. The zero-order chi connectivity index (χ0) is 16.4. The van der Waals surface area contributed by atoms with Gasteiger partial charge >= 0.3 is 6.18 Å². The number of hydrogen-bond donors (Lipinski definition) is 0. The van der Waals surface area contributed by atoms with Crippen molar-refractivity contribution in [1.29, 1.82) is 0 Å². The van der Waals surface area contributed by atoms with Crippen LogP contribution in [0.1, 0.15) is 11.1 Å². The Hall–Kier alpha value is -2.63. The Morgan fingerprint density at radius 1 is 1.00 bits per heavy atom. The molecule has 23 heavy (non-hydrogen) atoms. The van der Waals surface area contributed by atoms with E-state index in [0.29, 0.717) is 12.1 Å². The third-order valence-corrected chi connectivity index (χ3v) is 3.56. The number of benzene rings is 2. The maximum absolute atomic E-state index is 12.6. The number of nitrogens with zero attached hydrogens (tertiary/aromatic N) is 3. The zero-order valence-corrected chi connectivity index (χ0v) is 12.5. The van der Waals surface area contributed by atoms with E-state index in [1.165, 1.54) is 12.1 Å². The maximum atomic E-state index is 12.6. The minimum atomic E-state index is -4.32. The van der Waals surface area contributed by atoms with Gasteiger partial charge in [-0.1, -0.05) is 30.3 Å². The fraction of sp³-hybridized carbons (Fsp3) is 0.176. The minimum absolute atomic E-state index is 0.606. The van der Waals surface area contributed by atoms with Crippen molar-refractivity contribution in [1.82, 2.24) is 9.90 Å². The number of halogens is 3. The van der Waals surface area contributed by atoms with Crippen LogP contribution in [0.2, 0.25) is 0 Å². The van der Waals surface area contributed by atoms with Gasteiger partial charge in [0.05, 0.1) is 10.8 Å². The molecule has 0 fully saturated rings. The van der Waals surface area contributed by atoms with Crippen molar-refractivity contribution in [3.05, 3.63) is 71.9 Å². The molecule has 0 N–H and O–H groups in total. The van der Waals surface area contributed by atoms with Crippen LogP contribution in [0.25, 0.3) is 11.3 Å². The molecule has 0 amide bonds. The van der Waals surface area contributed by atoms with Gasteiger partial charge in [0, 0.05) is 5.56 Å². The quantitative estimate of drug-likeness (QED) is 0.678. The van der Waals surface area contributed by atoms with Crippen LogP contribution >= 0.6 is 0 Å². The summed E-state index contributed by atoms with van der Waals surface area (Å²) in [5.41, 5.74) is 1.91. The van der Waals surface area contributed by atoms with Crippen molar-refractivity contribution in [2.75, 3.05) is 0 Å². The molecule has 1 heterocycles. The van der Waals surface area contributed by atoms with Crippen LogP contribution in [0, 0.1) is 0 Å². The molecule has 6 heteroatoms. The molecule has 0 radical (unpaired) electrons. The van der Waals surface area contributed by atoms with Crippen molar-refractivity contribution >= 4 is 0 Å². The van der Waals surface area contributed by atoms with Gasteiger partial charge in [0.15, 0.2) is 11.9 Å². The standard InChI is InChI=1S/C17H15F3N3/c1-22-16(14-7-9-15(10-8-14)17(18,19)20)12-23(21-22)11-13-5-3-2-4-6-13/h2-10,12H,11H2,1H3/q+1. The Bertz CT molecular complexity index is 790. The SMILES string of the molecule is Cn1n[n+](Cc2ccccc2)cc1-c1ccc(C(F)(F)F)cc1. The molecule has 0 atom stereocenters. The molecule has 0 saturated carbocycles. The van der Waals surface area contributed by atoms with E-state index < -0.39 is 11.7 Å². The van der Waals surface area contributed by atoms with Gasteiger partial charge in [0.2, 0.25) is 0 Å². The van der Waals surface area contributed by atoms with Crippen LogP contribution < -0.4 is 4.68 Å². The molecule has 0 aliphatic carbocycles. The molecule has 0 bridgehead atoms. The first-order valence-electron chi connectivity index (χ1n) is 7.09. The summed E-state index contributed by atoms with van der Waals surface area (Å²) in [4.78, 5) is 0. The summed E-state index contributed by atoms with van der Waals surface area (Å²) in [6, 6.07) is 15.0. The predicted octanol–water partition coefficient (Wildman–Crippen LogP) is 3.44. The van der Waals surface area contributed by atoms with Gasteiger partial charge in [-0.05, 0) is 29.8 Å². The Morgan fingerprint density at radius 2 is 1.65 bits per heavy atom. The summed E-state index contributed by atoms with van der Waals surface area (Å²) in [6.07, 6.45) is -2.49. The molecule has 2 aromatic carbocycles. The largest absolute Gasteiger partial charge is 0.416 e. The topological polar surface area (TPSA) is 21.7 Å². The monoisotopic (exact) mass is 318 g/mol. The second kappa shape index (κ2) is 5.87. The van der Waals surface area contributed by atoms with E-state index in [1.807, 2.05) is 36.5 Å². The zero-order valence-electron chi connectivity index (χ0n) is 12.5. The first kappa shape index (κ1) is 15.3. The molecule has 0 aliphatic heterocycles. The third kappa shape index (κ3) is 3.41. The van der Waals surface area contributed by atoms with Gasteiger partial charge in [0.1, 0.15) is 13.6 Å². The molecular formula is C17H15F3N3+. The predicted molar refractivity (Wildman–Crippen MR) is 79.4 cm³/mol. The Morgan fingerprint density at radius 3 is 2.26 bits per heavy atom. The number of rotatable bonds is 3. The van der Waals surface area contributed by atoms with Crippen LogP contribution in [0.4, 0.5) is 13.2 Å². The van der Waals surface area contributed by atoms with Crippen LogP contribution in [-0.2, 0) is 19.8 Å². The molecule has 0 aliphatic rings.